The van der Waals surface area contributed by atoms with Crippen molar-refractivity contribution in [3.8, 4) is 0 Å². The van der Waals surface area contributed by atoms with E-state index in [4.69, 9.17) is 0 Å². The van der Waals surface area contributed by atoms with E-state index in [1.54, 1.807) is 6.33 Å². The van der Waals surface area contributed by atoms with Crippen molar-refractivity contribution in [1.29, 1.82) is 0 Å². The largest absolute Gasteiger partial charge is 0.512 e. The molecule has 5 nitrogen and oxygen atoms in total. The van der Waals surface area contributed by atoms with Crippen molar-refractivity contribution in [2.45, 2.75) is 53.4 Å². The minimum Gasteiger partial charge on any atom is -0.512 e. The number of aromatic nitrogens is 3. The number of aliphatic hydroxyl groups is 1. The van der Waals surface area contributed by atoms with Gasteiger partial charge >= 0.3 is 0 Å². The molecule has 0 saturated carbocycles. The van der Waals surface area contributed by atoms with Crippen LogP contribution in [0.4, 0.5) is 0 Å². The molecule has 0 saturated heterocycles. The second kappa shape index (κ2) is 13.4. The number of nitrogens with zero attached hydrogens (tertiary/aromatic N) is 3. The van der Waals surface area contributed by atoms with Gasteiger partial charge in [-0.15, -0.1) is 17.5 Å². The van der Waals surface area contributed by atoms with Crippen molar-refractivity contribution >= 4 is 54.8 Å². The number of fused-ring (bicyclic) bond motifs is 9. The number of hydrogen-bond acceptors (Lipinski definition) is 4. The van der Waals surface area contributed by atoms with Crippen LogP contribution in [-0.2, 0) is 24.9 Å². The molecule has 0 amide bonds. The molecule has 6 aromatic rings. The van der Waals surface area contributed by atoms with Crippen molar-refractivity contribution in [3.05, 3.63) is 91.1 Å². The van der Waals surface area contributed by atoms with Crippen LogP contribution >= 0.6 is 0 Å². The molecule has 3 aromatic heterocycles. The Labute approximate surface area is 254 Å². The van der Waals surface area contributed by atoms with Gasteiger partial charge in [0.05, 0.1) is 5.76 Å². The van der Waals surface area contributed by atoms with Crippen molar-refractivity contribution in [1.82, 2.24) is 14.4 Å². The molecule has 213 valence electrons. The SMILES string of the molecule is CCC(CC)C(=O)/C=C(\O)C(CC)CC.[Ir].[c-]1c2ccccc2cc2c1c1ncncc1c1cc3ccccc3n21. The summed E-state index contributed by atoms with van der Waals surface area (Å²) in [6.07, 6.45) is 8.42. The second-order valence-electron chi connectivity index (χ2n) is 10.3. The molecule has 0 atom stereocenters. The van der Waals surface area contributed by atoms with E-state index in [-0.39, 0.29) is 43.5 Å². The van der Waals surface area contributed by atoms with Crippen LogP contribution in [0.15, 0.2) is 85.0 Å². The average Bonchev–Trinajstić information content (AvgIpc) is 3.38. The minimum absolute atomic E-state index is 0. The average molecular weight is 723 g/mol. The molecule has 0 fully saturated rings. The second-order valence-corrected chi connectivity index (χ2v) is 10.3. The standard InChI is InChI=1S/C22H12N3.C13H24O2.Ir/c1-2-6-15-10-20-17(9-14(15)5-1)22-18(12-23-13-24-22)21-11-16-7-3-4-8-19(16)25(20)21;1-5-10(6-2)12(14)9-13(15)11(7-3)8-4;/h1-8,10-13H;9-11,14H,5-8H2,1-4H3;/q-1;;/b;12-9-;. The summed E-state index contributed by atoms with van der Waals surface area (Å²) in [5.74, 6) is 0.547. The number of carbonyl (C=O) groups excluding carboxylic acids is 1. The van der Waals surface area contributed by atoms with Gasteiger partial charge in [0, 0.05) is 66.2 Å². The van der Waals surface area contributed by atoms with E-state index >= 15 is 0 Å². The van der Waals surface area contributed by atoms with E-state index in [1.165, 1.54) is 22.4 Å². The van der Waals surface area contributed by atoms with Gasteiger partial charge in [-0.25, -0.2) is 4.98 Å². The number of allylic oxidation sites excluding steroid dienone is 2. The maximum atomic E-state index is 11.7. The van der Waals surface area contributed by atoms with Crippen LogP contribution in [0.2, 0.25) is 0 Å². The molecule has 0 spiro atoms. The fraction of sp³-hybridized carbons (Fsp3) is 0.286. The number of hydrogen-bond donors (Lipinski definition) is 1. The summed E-state index contributed by atoms with van der Waals surface area (Å²) in [5, 5.41) is 15.3. The molecule has 3 aromatic carbocycles. The quantitative estimate of drug-likeness (QED) is 0.0588. The predicted octanol–water partition coefficient (Wildman–Crippen LogP) is 9.01. The first-order valence-corrected chi connectivity index (χ1v) is 14.3. The molecule has 0 aliphatic heterocycles. The Hall–Kier alpha value is -3.60. The van der Waals surface area contributed by atoms with Crippen LogP contribution in [0.1, 0.15) is 53.4 Å². The van der Waals surface area contributed by atoms with E-state index in [0.717, 1.165) is 58.4 Å². The first-order chi connectivity index (χ1) is 19.5. The van der Waals surface area contributed by atoms with Crippen LogP contribution in [0, 0.1) is 17.9 Å². The topological polar surface area (TPSA) is 67.5 Å². The maximum Gasteiger partial charge on any atom is 0.162 e. The molecule has 41 heavy (non-hydrogen) atoms. The van der Waals surface area contributed by atoms with Crippen LogP contribution in [0.5, 0.6) is 0 Å². The molecular formula is C35H36IrN3O2-. The number of pyridine rings is 1. The Bertz CT molecular complexity index is 1850. The van der Waals surface area contributed by atoms with E-state index in [2.05, 4.69) is 75.0 Å². The molecule has 6 heteroatoms. The molecule has 0 bridgehead atoms. The van der Waals surface area contributed by atoms with Gasteiger partial charge in [-0.3, -0.25) is 9.78 Å². The van der Waals surface area contributed by atoms with E-state index in [1.807, 2.05) is 40.0 Å². The molecule has 1 radical (unpaired) electrons. The van der Waals surface area contributed by atoms with Crippen molar-refractivity contribution < 1.29 is 30.0 Å². The molecule has 0 unspecified atom stereocenters. The van der Waals surface area contributed by atoms with Gasteiger partial charge in [0.25, 0.3) is 0 Å². The van der Waals surface area contributed by atoms with Crippen molar-refractivity contribution in [2.75, 3.05) is 0 Å². The van der Waals surface area contributed by atoms with Crippen LogP contribution in [-0.4, -0.2) is 25.3 Å². The van der Waals surface area contributed by atoms with E-state index in [0.29, 0.717) is 0 Å². The Morgan fingerprint density at radius 2 is 1.51 bits per heavy atom. The molecule has 0 aliphatic carbocycles. The van der Waals surface area contributed by atoms with Gasteiger partial charge < -0.3 is 9.51 Å². The molecule has 6 rings (SSSR count). The third-order valence-corrected chi connectivity index (χ3v) is 8.03. The monoisotopic (exact) mass is 723 g/mol. The van der Waals surface area contributed by atoms with Crippen molar-refractivity contribution in [3.63, 3.8) is 0 Å². The Morgan fingerprint density at radius 1 is 0.878 bits per heavy atom. The van der Waals surface area contributed by atoms with Gasteiger partial charge in [0.15, 0.2) is 5.78 Å². The fourth-order valence-corrected chi connectivity index (χ4v) is 5.62. The summed E-state index contributed by atoms with van der Waals surface area (Å²) in [6, 6.07) is 24.8. The predicted molar refractivity (Wildman–Crippen MR) is 166 cm³/mol. The van der Waals surface area contributed by atoms with Crippen molar-refractivity contribution in [2.24, 2.45) is 11.8 Å². The number of benzene rings is 3. The number of carbonyl (C=O) groups is 1. The molecule has 3 heterocycles. The van der Waals surface area contributed by atoms with Gasteiger partial charge in [0.1, 0.15) is 6.33 Å². The molecular weight excluding hydrogens is 687 g/mol. The first kappa shape index (κ1) is 30.4. The zero-order chi connectivity index (χ0) is 28.2. The number of rotatable bonds is 7. The molecule has 0 aliphatic rings. The summed E-state index contributed by atoms with van der Waals surface area (Å²) in [4.78, 5) is 20.6. The number of aliphatic hydroxyl groups excluding tert-OH is 1. The third-order valence-electron chi connectivity index (χ3n) is 8.03. The summed E-state index contributed by atoms with van der Waals surface area (Å²) in [6.45, 7) is 8.07. The Morgan fingerprint density at radius 3 is 2.22 bits per heavy atom. The number of para-hydroxylation sites is 1. The van der Waals surface area contributed by atoms with Gasteiger partial charge in [-0.2, -0.15) is 0 Å². The zero-order valence-electron chi connectivity index (χ0n) is 24.0. The summed E-state index contributed by atoms with van der Waals surface area (Å²) in [5.41, 5.74) is 4.40. The first-order valence-electron chi connectivity index (χ1n) is 14.3. The van der Waals surface area contributed by atoms with Gasteiger partial charge in [0.2, 0.25) is 0 Å². The van der Waals surface area contributed by atoms with Crippen LogP contribution in [0.3, 0.4) is 0 Å². The summed E-state index contributed by atoms with van der Waals surface area (Å²) in [7, 11) is 0. The van der Waals surface area contributed by atoms with Gasteiger partial charge in [-0.05, 0) is 48.7 Å². The van der Waals surface area contributed by atoms with Crippen LogP contribution < -0.4 is 0 Å². The summed E-state index contributed by atoms with van der Waals surface area (Å²) < 4.78 is 2.30. The Balaban J connectivity index is 0.000000212. The van der Waals surface area contributed by atoms with Crippen LogP contribution in [0.25, 0.3) is 49.0 Å². The normalized spacial score (nSPS) is 11.9. The van der Waals surface area contributed by atoms with E-state index < -0.39 is 0 Å². The molecule has 1 N–H and O–H groups in total. The fourth-order valence-electron chi connectivity index (χ4n) is 5.62. The smallest absolute Gasteiger partial charge is 0.162 e. The summed E-state index contributed by atoms with van der Waals surface area (Å²) >= 11 is 0. The number of ketones is 1. The zero-order valence-corrected chi connectivity index (χ0v) is 26.4. The maximum absolute atomic E-state index is 11.7. The van der Waals surface area contributed by atoms with E-state index in [9.17, 15) is 9.90 Å². The minimum atomic E-state index is 0. The van der Waals surface area contributed by atoms with Gasteiger partial charge in [-0.1, -0.05) is 80.9 Å². The Kier molecular flexibility index (Phi) is 9.90. The third kappa shape index (κ3) is 5.91.